The summed E-state index contributed by atoms with van der Waals surface area (Å²) >= 11 is 20.2. The number of carbonyl (C=O) groups excluding carboxylic acids is 2. The third-order valence-corrected chi connectivity index (χ3v) is 12.2. The molecule has 2 saturated heterocycles. The second kappa shape index (κ2) is 16.2. The lowest BCUT2D eigenvalue weighted by molar-refractivity contribution is -0.134. The number of ether oxygens (including phenoxy) is 2. The van der Waals surface area contributed by atoms with Gasteiger partial charge in [-0.25, -0.2) is 0 Å². The van der Waals surface area contributed by atoms with E-state index in [9.17, 15) is 4.79 Å². The van der Waals surface area contributed by atoms with Crippen molar-refractivity contribution in [3.8, 4) is 5.75 Å². The zero-order valence-corrected chi connectivity index (χ0v) is 34.1. The Kier molecular flexibility index (Phi) is 10.7. The number of nitrogens with zero attached hydrogens (tertiary/aromatic N) is 3. The minimum absolute atomic E-state index is 0.151. The van der Waals surface area contributed by atoms with Gasteiger partial charge >= 0.3 is 0 Å². The Morgan fingerprint density at radius 1 is 0.931 bits per heavy atom. The Hall–Kier alpha value is -5.19. The predicted octanol–water partition coefficient (Wildman–Crippen LogP) is 8.76. The van der Waals surface area contributed by atoms with Gasteiger partial charge in [-0.15, -0.1) is 5.73 Å². The Labute approximate surface area is 351 Å². The monoisotopic (exact) mass is 834 g/mol. The van der Waals surface area contributed by atoms with Gasteiger partial charge in [-0.3, -0.25) is 9.59 Å². The SMILES string of the molecule is COCCOc1ccc(N2CCC(N3CCNCC3=O)CC2)c(NC(=O)c2[nH]c3cc(Cl)cc4c3c2C2=C(c3ccccc3)C=C=CN2C4c2ccc(Cl)cc2Cl)c1. The highest BCUT2D eigenvalue weighted by atomic mass is 35.5. The lowest BCUT2D eigenvalue weighted by atomic mass is 9.84. The van der Waals surface area contributed by atoms with Gasteiger partial charge in [0, 0.05) is 88.7 Å². The Morgan fingerprint density at radius 3 is 2.53 bits per heavy atom. The standard InChI is InChI=1S/C45H41Cl3N6O4/c1-57-20-21-58-31-10-12-38(52-17-13-30(14-18-52)53-19-15-49-26-39(53)55)36(25-31)51-45(56)42-41-40-34(22-29(47)24-37(40)50-42)43(33-11-9-28(46)23-35(33)48)54-16-5-8-32(44(41)54)27-6-3-2-4-7-27/h2-4,6-12,16,22-25,30,43,49-50H,13-15,17-21,26H2,1H3,(H,51,56). The van der Waals surface area contributed by atoms with Gasteiger partial charge in [0.25, 0.3) is 5.91 Å². The van der Waals surface area contributed by atoms with E-state index in [0.717, 1.165) is 89.1 Å². The molecule has 0 bridgehead atoms. The molecule has 4 aromatic carbocycles. The number of benzene rings is 4. The number of anilines is 2. The second-order valence-electron chi connectivity index (χ2n) is 14.8. The molecule has 2 fully saturated rings. The molecule has 0 saturated carbocycles. The molecule has 1 aromatic heterocycles. The van der Waals surface area contributed by atoms with Crippen LogP contribution < -0.4 is 20.3 Å². The number of allylic oxidation sites excluding steroid dienone is 2. The number of H-pyrrole nitrogens is 1. The highest BCUT2D eigenvalue weighted by molar-refractivity contribution is 6.35. The Bertz CT molecular complexity index is 2520. The largest absolute Gasteiger partial charge is 0.491 e. The van der Waals surface area contributed by atoms with Gasteiger partial charge in [0.05, 0.1) is 36.3 Å². The number of piperazine rings is 1. The number of carbonyl (C=O) groups is 2. The Balaban J connectivity index is 1.15. The number of methoxy groups -OCH3 is 1. The van der Waals surface area contributed by atoms with Crippen LogP contribution in [0.1, 0.15) is 51.6 Å². The summed E-state index contributed by atoms with van der Waals surface area (Å²) in [4.78, 5) is 37.7. The zero-order valence-electron chi connectivity index (χ0n) is 31.8. The number of aromatic amines is 1. The molecule has 10 nitrogen and oxygen atoms in total. The normalized spacial score (nSPS) is 18.0. The number of amides is 2. The number of rotatable bonds is 10. The maximum Gasteiger partial charge on any atom is 0.272 e. The van der Waals surface area contributed by atoms with Crippen LogP contribution in [0.25, 0.3) is 22.2 Å². The molecule has 2 amide bonds. The van der Waals surface area contributed by atoms with E-state index in [-0.39, 0.29) is 17.9 Å². The zero-order chi connectivity index (χ0) is 39.9. The molecule has 58 heavy (non-hydrogen) atoms. The molecule has 296 valence electrons. The molecule has 13 heteroatoms. The van der Waals surface area contributed by atoms with Crippen LogP contribution in [0.3, 0.4) is 0 Å². The summed E-state index contributed by atoms with van der Waals surface area (Å²) in [6.07, 6.45) is 5.51. The third kappa shape index (κ3) is 7.15. The molecule has 5 aromatic rings. The highest BCUT2D eigenvalue weighted by Gasteiger charge is 2.40. The number of hydrogen-bond acceptors (Lipinski definition) is 7. The first-order valence-corrected chi connectivity index (χ1v) is 20.6. The van der Waals surface area contributed by atoms with Crippen LogP contribution in [0.4, 0.5) is 11.4 Å². The lowest BCUT2D eigenvalue weighted by Gasteiger charge is -2.41. The fourth-order valence-electron chi connectivity index (χ4n) is 8.75. The summed E-state index contributed by atoms with van der Waals surface area (Å²) in [5, 5.41) is 8.89. The van der Waals surface area contributed by atoms with E-state index in [1.54, 1.807) is 13.2 Å². The van der Waals surface area contributed by atoms with Crippen LogP contribution in [0, 0.1) is 0 Å². The van der Waals surface area contributed by atoms with Gasteiger partial charge < -0.3 is 39.8 Å². The topological polar surface area (TPSA) is 102 Å². The first-order chi connectivity index (χ1) is 28.3. The van der Waals surface area contributed by atoms with E-state index in [4.69, 9.17) is 44.3 Å². The van der Waals surface area contributed by atoms with E-state index >= 15 is 4.79 Å². The molecule has 0 aliphatic carbocycles. The first-order valence-electron chi connectivity index (χ1n) is 19.4. The third-order valence-electron chi connectivity index (χ3n) is 11.4. The van der Waals surface area contributed by atoms with E-state index in [0.29, 0.717) is 52.0 Å². The predicted molar refractivity (Wildman–Crippen MR) is 231 cm³/mol. The van der Waals surface area contributed by atoms with Gasteiger partial charge in [0.2, 0.25) is 5.91 Å². The van der Waals surface area contributed by atoms with Gasteiger partial charge in [0.15, 0.2) is 0 Å². The smallest absolute Gasteiger partial charge is 0.272 e. The van der Waals surface area contributed by atoms with Gasteiger partial charge in [-0.1, -0.05) is 71.2 Å². The summed E-state index contributed by atoms with van der Waals surface area (Å²) in [7, 11) is 1.63. The number of nitrogens with one attached hydrogen (secondary N) is 3. The Morgan fingerprint density at radius 2 is 1.76 bits per heavy atom. The average molecular weight is 836 g/mol. The van der Waals surface area contributed by atoms with Crippen molar-refractivity contribution in [1.29, 1.82) is 0 Å². The highest BCUT2D eigenvalue weighted by Crippen LogP contribution is 2.52. The summed E-state index contributed by atoms with van der Waals surface area (Å²) in [6.45, 7) is 4.14. The van der Waals surface area contributed by atoms with Crippen molar-refractivity contribution in [1.82, 2.24) is 20.1 Å². The van der Waals surface area contributed by atoms with Crippen molar-refractivity contribution >= 4 is 80.2 Å². The second-order valence-corrected chi connectivity index (χ2v) is 16.1. The van der Waals surface area contributed by atoms with Gasteiger partial charge in [0.1, 0.15) is 18.1 Å². The number of halogens is 3. The van der Waals surface area contributed by atoms with Crippen LogP contribution in [0.2, 0.25) is 15.1 Å². The molecule has 4 aliphatic rings. The van der Waals surface area contributed by atoms with Gasteiger partial charge in [-0.2, -0.15) is 0 Å². The van der Waals surface area contributed by atoms with Crippen molar-refractivity contribution in [2.75, 3.05) is 63.3 Å². The first kappa shape index (κ1) is 38.3. The maximum absolute atomic E-state index is 15.0. The maximum atomic E-state index is 15.0. The molecule has 9 rings (SSSR count). The van der Waals surface area contributed by atoms with E-state index in [1.807, 2.05) is 77.8 Å². The van der Waals surface area contributed by atoms with E-state index in [2.05, 4.69) is 43.3 Å². The van der Waals surface area contributed by atoms with Crippen LogP contribution in [0.15, 0.2) is 96.9 Å². The van der Waals surface area contributed by atoms with Crippen molar-refractivity contribution in [3.05, 3.63) is 140 Å². The minimum Gasteiger partial charge on any atom is -0.491 e. The average Bonchev–Trinajstić information content (AvgIpc) is 3.62. The summed E-state index contributed by atoms with van der Waals surface area (Å²) < 4.78 is 11.3. The number of fused-ring (bicyclic) bond motifs is 2. The van der Waals surface area contributed by atoms with Crippen LogP contribution in [-0.4, -0.2) is 85.7 Å². The fraction of sp³-hybridized carbons (Fsp3) is 0.267. The number of hydrogen-bond donors (Lipinski definition) is 3. The van der Waals surface area contributed by atoms with Gasteiger partial charge in [-0.05, 0) is 72.0 Å². The molecule has 0 spiro atoms. The molecule has 1 unspecified atom stereocenters. The van der Waals surface area contributed by atoms with Crippen molar-refractivity contribution in [2.45, 2.75) is 24.9 Å². The summed E-state index contributed by atoms with van der Waals surface area (Å²) in [5.74, 6) is 0.429. The van der Waals surface area contributed by atoms with Crippen molar-refractivity contribution in [2.24, 2.45) is 0 Å². The van der Waals surface area contributed by atoms with E-state index < -0.39 is 6.04 Å². The minimum atomic E-state index is -0.410. The number of aromatic nitrogens is 1. The van der Waals surface area contributed by atoms with Crippen LogP contribution in [-0.2, 0) is 9.53 Å². The fourth-order valence-corrected chi connectivity index (χ4v) is 9.49. The molecule has 4 aliphatic heterocycles. The molecule has 3 N–H and O–H groups in total. The molecule has 5 heterocycles. The van der Waals surface area contributed by atoms with Crippen LogP contribution in [0.5, 0.6) is 5.75 Å². The van der Waals surface area contributed by atoms with Crippen molar-refractivity contribution < 1.29 is 19.1 Å². The van der Waals surface area contributed by atoms with Crippen molar-refractivity contribution in [3.63, 3.8) is 0 Å². The molecular formula is C45H41Cl3N6O4. The summed E-state index contributed by atoms with van der Waals surface area (Å²) in [5.41, 5.74) is 11.1. The van der Waals surface area contributed by atoms with Crippen LogP contribution >= 0.6 is 34.8 Å². The molecule has 1 atom stereocenters. The number of piperidine rings is 1. The molecule has 0 radical (unpaired) electrons. The quantitative estimate of drug-likeness (QED) is 0.0956. The molecular weight excluding hydrogens is 795 g/mol. The summed E-state index contributed by atoms with van der Waals surface area (Å²) in [6, 6.07) is 25.0. The van der Waals surface area contributed by atoms with E-state index in [1.165, 1.54) is 0 Å². The lowest BCUT2D eigenvalue weighted by Crippen LogP contribution is -2.55.